The van der Waals surface area contributed by atoms with Gasteiger partial charge in [-0.05, 0) is 12.8 Å². The molecular formula is C18H28N4O4S. The van der Waals surface area contributed by atoms with Gasteiger partial charge < -0.3 is 9.88 Å². The Morgan fingerprint density at radius 3 is 2.59 bits per heavy atom. The summed E-state index contributed by atoms with van der Waals surface area (Å²) in [5.74, 6) is 0.713. The highest BCUT2D eigenvalue weighted by Gasteiger charge is 2.33. The third kappa shape index (κ3) is 4.24. The molecule has 2 aliphatic rings. The van der Waals surface area contributed by atoms with E-state index in [2.05, 4.69) is 9.97 Å². The zero-order chi connectivity index (χ0) is 20.0. The maximum Gasteiger partial charge on any atom is 0.255 e. The van der Waals surface area contributed by atoms with Crippen molar-refractivity contribution in [2.75, 3.05) is 25.9 Å². The van der Waals surface area contributed by atoms with Gasteiger partial charge in [0.05, 0.1) is 17.5 Å². The van der Waals surface area contributed by atoms with Crippen LogP contribution in [0.3, 0.4) is 0 Å². The molecule has 1 amide bonds. The second kappa shape index (κ2) is 7.01. The van der Waals surface area contributed by atoms with E-state index in [1.807, 2.05) is 25.7 Å². The Balaban J connectivity index is 1.84. The highest BCUT2D eigenvalue weighted by atomic mass is 32.2. The van der Waals surface area contributed by atoms with Crippen LogP contribution in [0.2, 0.25) is 0 Å². The molecule has 150 valence electrons. The maximum absolute atomic E-state index is 12.6. The quantitative estimate of drug-likeness (QED) is 0.798. The fraction of sp³-hybridized carbons (Fsp3) is 0.722. The van der Waals surface area contributed by atoms with Crippen molar-refractivity contribution in [2.24, 2.45) is 5.41 Å². The lowest BCUT2D eigenvalue weighted by Gasteiger charge is -2.36. The monoisotopic (exact) mass is 396 g/mol. The first-order chi connectivity index (χ1) is 12.5. The van der Waals surface area contributed by atoms with Crippen LogP contribution in [-0.4, -0.2) is 59.4 Å². The van der Waals surface area contributed by atoms with Gasteiger partial charge in [-0.2, -0.15) is 4.31 Å². The first-order valence-electron chi connectivity index (χ1n) is 9.33. The fourth-order valence-corrected chi connectivity index (χ4v) is 4.54. The van der Waals surface area contributed by atoms with E-state index in [0.717, 1.165) is 25.6 Å². The van der Waals surface area contributed by atoms with E-state index in [1.165, 1.54) is 4.31 Å². The number of hydrogen-bond acceptors (Lipinski definition) is 5. The molecule has 3 rings (SSSR count). The SMILES string of the molecule is CC(C)(C)C(=O)N1CCC[C@@H](c2nc3c(c(=O)[nH]2)CN(S(C)(=O)=O)CC3)C1. The van der Waals surface area contributed by atoms with E-state index in [4.69, 9.17) is 0 Å². The molecule has 2 aliphatic heterocycles. The number of aromatic amines is 1. The molecule has 9 heteroatoms. The average molecular weight is 397 g/mol. The van der Waals surface area contributed by atoms with Crippen LogP contribution in [-0.2, 0) is 27.8 Å². The molecule has 1 atom stereocenters. The number of amides is 1. The first-order valence-corrected chi connectivity index (χ1v) is 11.2. The summed E-state index contributed by atoms with van der Waals surface area (Å²) >= 11 is 0. The molecular weight excluding hydrogens is 368 g/mol. The maximum atomic E-state index is 12.6. The van der Waals surface area contributed by atoms with Crippen LogP contribution < -0.4 is 5.56 Å². The molecule has 0 bridgehead atoms. The molecule has 0 spiro atoms. The molecule has 0 radical (unpaired) electrons. The molecule has 0 unspecified atom stereocenters. The van der Waals surface area contributed by atoms with Crippen molar-refractivity contribution >= 4 is 15.9 Å². The van der Waals surface area contributed by atoms with Crippen molar-refractivity contribution in [1.29, 1.82) is 0 Å². The highest BCUT2D eigenvalue weighted by Crippen LogP contribution is 2.28. The van der Waals surface area contributed by atoms with E-state index in [9.17, 15) is 18.0 Å². The number of rotatable bonds is 2. The molecule has 0 aromatic carbocycles. The number of fused-ring (bicyclic) bond motifs is 1. The minimum absolute atomic E-state index is 0.00372. The summed E-state index contributed by atoms with van der Waals surface area (Å²) in [6.07, 6.45) is 3.31. The largest absolute Gasteiger partial charge is 0.342 e. The Morgan fingerprint density at radius 2 is 1.96 bits per heavy atom. The topological polar surface area (TPSA) is 103 Å². The van der Waals surface area contributed by atoms with Crippen molar-refractivity contribution in [3.05, 3.63) is 27.4 Å². The van der Waals surface area contributed by atoms with Crippen LogP contribution in [0.25, 0.3) is 0 Å². The second-order valence-electron chi connectivity index (χ2n) is 8.56. The number of sulfonamides is 1. The summed E-state index contributed by atoms with van der Waals surface area (Å²) in [4.78, 5) is 34.5. The average Bonchev–Trinajstić information content (AvgIpc) is 2.59. The third-order valence-corrected chi connectivity index (χ3v) is 6.51. The van der Waals surface area contributed by atoms with Crippen LogP contribution >= 0.6 is 0 Å². The van der Waals surface area contributed by atoms with Gasteiger partial charge in [-0.3, -0.25) is 9.59 Å². The zero-order valence-electron chi connectivity index (χ0n) is 16.4. The van der Waals surface area contributed by atoms with Crippen molar-refractivity contribution in [1.82, 2.24) is 19.2 Å². The van der Waals surface area contributed by atoms with E-state index >= 15 is 0 Å². The van der Waals surface area contributed by atoms with Gasteiger partial charge in [0.1, 0.15) is 5.82 Å². The number of hydrogen-bond donors (Lipinski definition) is 1. The number of piperidine rings is 1. The predicted molar refractivity (Wildman–Crippen MR) is 102 cm³/mol. The van der Waals surface area contributed by atoms with E-state index in [1.54, 1.807) is 0 Å². The van der Waals surface area contributed by atoms with Gasteiger partial charge in [-0.15, -0.1) is 0 Å². The van der Waals surface area contributed by atoms with E-state index in [-0.39, 0.29) is 23.9 Å². The molecule has 27 heavy (non-hydrogen) atoms. The Kier molecular flexibility index (Phi) is 5.20. The lowest BCUT2D eigenvalue weighted by atomic mass is 9.90. The van der Waals surface area contributed by atoms with Gasteiger partial charge in [0.15, 0.2) is 0 Å². The van der Waals surface area contributed by atoms with Gasteiger partial charge in [0.25, 0.3) is 5.56 Å². The molecule has 0 saturated carbocycles. The zero-order valence-corrected chi connectivity index (χ0v) is 17.2. The second-order valence-corrected chi connectivity index (χ2v) is 10.5. The normalized spacial score (nSPS) is 21.8. The molecule has 1 aromatic rings. The number of likely N-dealkylation sites (tertiary alicyclic amines) is 1. The standard InChI is InChI=1S/C18H28N4O4S/c1-18(2,3)17(24)21-8-5-6-12(10-21)15-19-14-7-9-22(27(4,25)26)11-13(14)16(23)20-15/h12H,5-11H2,1-4H3,(H,19,20,23)/t12-/m1/s1. The van der Waals surface area contributed by atoms with Crippen LogP contribution in [0.1, 0.15) is 56.6 Å². The lowest BCUT2D eigenvalue weighted by molar-refractivity contribution is -0.140. The number of nitrogens with one attached hydrogen (secondary N) is 1. The summed E-state index contributed by atoms with van der Waals surface area (Å²) in [5, 5.41) is 0. The van der Waals surface area contributed by atoms with Crippen LogP contribution in [0.4, 0.5) is 0 Å². The van der Waals surface area contributed by atoms with Gasteiger partial charge >= 0.3 is 0 Å². The Bertz CT molecular complexity index is 901. The molecule has 1 saturated heterocycles. The minimum Gasteiger partial charge on any atom is -0.342 e. The number of nitrogens with zero attached hydrogens (tertiary/aromatic N) is 3. The van der Waals surface area contributed by atoms with Crippen LogP contribution in [0.5, 0.6) is 0 Å². The number of aromatic nitrogens is 2. The highest BCUT2D eigenvalue weighted by molar-refractivity contribution is 7.88. The van der Waals surface area contributed by atoms with Crippen molar-refractivity contribution < 1.29 is 13.2 Å². The van der Waals surface area contributed by atoms with Crippen LogP contribution in [0.15, 0.2) is 4.79 Å². The van der Waals surface area contributed by atoms with Gasteiger partial charge in [0.2, 0.25) is 15.9 Å². The molecule has 8 nitrogen and oxygen atoms in total. The number of H-pyrrole nitrogens is 1. The Morgan fingerprint density at radius 1 is 1.26 bits per heavy atom. The number of carbonyl (C=O) groups excluding carboxylic acids is 1. The van der Waals surface area contributed by atoms with E-state index in [0.29, 0.717) is 36.6 Å². The van der Waals surface area contributed by atoms with Crippen molar-refractivity contribution in [2.45, 2.75) is 52.5 Å². The summed E-state index contributed by atoms with van der Waals surface area (Å²) in [5.41, 5.74) is 0.387. The summed E-state index contributed by atoms with van der Waals surface area (Å²) < 4.78 is 24.8. The number of carbonyl (C=O) groups is 1. The summed E-state index contributed by atoms with van der Waals surface area (Å²) in [6, 6.07) is 0. The molecule has 1 N–H and O–H groups in total. The smallest absolute Gasteiger partial charge is 0.255 e. The van der Waals surface area contributed by atoms with Gasteiger partial charge in [0, 0.05) is 43.9 Å². The molecule has 0 aliphatic carbocycles. The molecule has 1 aromatic heterocycles. The van der Waals surface area contributed by atoms with Crippen LogP contribution in [0, 0.1) is 5.41 Å². The first kappa shape index (κ1) is 20.0. The van der Waals surface area contributed by atoms with Gasteiger partial charge in [-0.25, -0.2) is 13.4 Å². The summed E-state index contributed by atoms with van der Waals surface area (Å²) in [6.45, 7) is 7.40. The molecule has 1 fully saturated rings. The van der Waals surface area contributed by atoms with Crippen molar-refractivity contribution in [3.8, 4) is 0 Å². The minimum atomic E-state index is -3.34. The van der Waals surface area contributed by atoms with E-state index < -0.39 is 15.4 Å². The fourth-order valence-electron chi connectivity index (χ4n) is 3.76. The predicted octanol–water partition coefficient (Wildman–Crippen LogP) is 0.840. The lowest BCUT2D eigenvalue weighted by Crippen LogP contribution is -2.45. The third-order valence-electron chi connectivity index (χ3n) is 5.26. The Hall–Kier alpha value is -1.74. The Labute approximate surface area is 160 Å². The molecule has 3 heterocycles. The summed E-state index contributed by atoms with van der Waals surface area (Å²) in [7, 11) is -3.34. The van der Waals surface area contributed by atoms with Crippen molar-refractivity contribution in [3.63, 3.8) is 0 Å². The van der Waals surface area contributed by atoms with Gasteiger partial charge in [-0.1, -0.05) is 20.8 Å².